The van der Waals surface area contributed by atoms with E-state index in [0.29, 0.717) is 6.42 Å². The molecule has 2 aromatic rings. The molecule has 0 aromatic heterocycles. The first-order chi connectivity index (χ1) is 10.1. The maximum atomic E-state index is 12.6. The third-order valence-electron chi connectivity index (χ3n) is 3.91. The maximum absolute atomic E-state index is 12.6. The zero-order valence-electron chi connectivity index (χ0n) is 12.6. The molecule has 2 aromatic carbocycles. The average Bonchev–Trinajstić information content (AvgIpc) is 2.76. The molecule has 21 heavy (non-hydrogen) atoms. The lowest BCUT2D eigenvalue weighted by Gasteiger charge is -2.04. The molecule has 3 rings (SSSR count). The first-order valence-corrected chi connectivity index (χ1v) is 7.08. The number of ketones is 1. The number of ether oxygens (including phenoxy) is 1. The summed E-state index contributed by atoms with van der Waals surface area (Å²) in [6.45, 7) is 4.02. The summed E-state index contributed by atoms with van der Waals surface area (Å²) >= 11 is 0. The van der Waals surface area contributed by atoms with Crippen LogP contribution in [0, 0.1) is 13.8 Å². The summed E-state index contributed by atoms with van der Waals surface area (Å²) in [7, 11) is 1.66. The van der Waals surface area contributed by atoms with E-state index in [1.165, 1.54) is 0 Å². The zero-order chi connectivity index (χ0) is 15.0. The SMILES string of the molecule is COc1cc(C)cc(/C=C2/Cc3cccc(C)c3C2=O)c1. The van der Waals surface area contributed by atoms with Crippen LogP contribution < -0.4 is 4.74 Å². The van der Waals surface area contributed by atoms with Gasteiger partial charge < -0.3 is 4.74 Å². The molecule has 0 amide bonds. The number of allylic oxidation sites excluding steroid dienone is 1. The van der Waals surface area contributed by atoms with Crippen LogP contribution in [0.5, 0.6) is 5.75 Å². The lowest BCUT2D eigenvalue weighted by atomic mass is 10.0. The maximum Gasteiger partial charge on any atom is 0.189 e. The van der Waals surface area contributed by atoms with Crippen LogP contribution >= 0.6 is 0 Å². The van der Waals surface area contributed by atoms with Crippen LogP contribution in [-0.4, -0.2) is 12.9 Å². The Labute approximate surface area is 125 Å². The normalized spacial score (nSPS) is 15.4. The number of rotatable bonds is 2. The Kier molecular flexibility index (Phi) is 3.38. The second-order valence-corrected chi connectivity index (χ2v) is 5.57. The van der Waals surface area contributed by atoms with Crippen LogP contribution in [0.4, 0.5) is 0 Å². The standard InChI is InChI=1S/C19H18O2/c1-12-7-14(10-17(8-12)21-3)9-16-11-15-6-4-5-13(2)18(15)19(16)20/h4-10H,11H2,1-3H3/b16-9-. The molecule has 0 saturated heterocycles. The first-order valence-electron chi connectivity index (χ1n) is 7.08. The van der Waals surface area contributed by atoms with Crippen molar-refractivity contribution in [3.63, 3.8) is 0 Å². The number of carbonyl (C=O) groups excluding carboxylic acids is 1. The number of aryl methyl sites for hydroxylation is 2. The van der Waals surface area contributed by atoms with Gasteiger partial charge in [0.1, 0.15) is 5.75 Å². The van der Waals surface area contributed by atoms with Gasteiger partial charge in [0.05, 0.1) is 7.11 Å². The van der Waals surface area contributed by atoms with Gasteiger partial charge in [0, 0.05) is 17.6 Å². The Balaban J connectivity index is 2.02. The fraction of sp³-hybridized carbons (Fsp3) is 0.211. The quantitative estimate of drug-likeness (QED) is 0.772. The van der Waals surface area contributed by atoms with Crippen molar-refractivity contribution < 1.29 is 9.53 Å². The monoisotopic (exact) mass is 278 g/mol. The molecule has 2 nitrogen and oxygen atoms in total. The second kappa shape index (κ2) is 5.21. The molecule has 0 saturated carbocycles. The molecule has 0 aliphatic heterocycles. The first kappa shape index (κ1) is 13.6. The summed E-state index contributed by atoms with van der Waals surface area (Å²) in [5.41, 5.74) is 6.06. The zero-order valence-corrected chi connectivity index (χ0v) is 12.6. The van der Waals surface area contributed by atoms with E-state index in [-0.39, 0.29) is 5.78 Å². The molecule has 1 aliphatic carbocycles. The Hall–Kier alpha value is -2.35. The van der Waals surface area contributed by atoms with E-state index in [0.717, 1.165) is 39.1 Å². The van der Waals surface area contributed by atoms with Crippen LogP contribution in [0.1, 0.15) is 32.6 Å². The molecule has 0 fully saturated rings. The molecule has 0 heterocycles. The number of Topliss-reactive ketones (excluding diaryl/α,β-unsaturated/α-hetero) is 1. The highest BCUT2D eigenvalue weighted by Crippen LogP contribution is 2.30. The topological polar surface area (TPSA) is 26.3 Å². The number of hydrogen-bond donors (Lipinski definition) is 0. The molecule has 1 aliphatic rings. The van der Waals surface area contributed by atoms with Gasteiger partial charge in [-0.3, -0.25) is 4.79 Å². The molecular formula is C19H18O2. The summed E-state index contributed by atoms with van der Waals surface area (Å²) in [6.07, 6.45) is 2.70. The Morgan fingerprint density at radius 2 is 1.95 bits per heavy atom. The minimum absolute atomic E-state index is 0.156. The van der Waals surface area contributed by atoms with Crippen LogP contribution in [0.25, 0.3) is 6.08 Å². The van der Waals surface area contributed by atoms with Crippen LogP contribution in [0.15, 0.2) is 42.0 Å². The molecule has 0 bridgehead atoms. The third-order valence-corrected chi connectivity index (χ3v) is 3.91. The summed E-state index contributed by atoms with van der Waals surface area (Å²) in [4.78, 5) is 12.6. The minimum atomic E-state index is 0.156. The van der Waals surface area contributed by atoms with Crippen LogP contribution in [-0.2, 0) is 6.42 Å². The summed E-state index contributed by atoms with van der Waals surface area (Å²) in [6, 6.07) is 12.1. The van der Waals surface area contributed by atoms with E-state index >= 15 is 0 Å². The van der Waals surface area contributed by atoms with Gasteiger partial charge in [-0.25, -0.2) is 0 Å². The second-order valence-electron chi connectivity index (χ2n) is 5.57. The van der Waals surface area contributed by atoms with Crippen LogP contribution in [0.3, 0.4) is 0 Å². The van der Waals surface area contributed by atoms with E-state index in [2.05, 4.69) is 6.07 Å². The minimum Gasteiger partial charge on any atom is -0.497 e. The van der Waals surface area contributed by atoms with E-state index in [9.17, 15) is 4.79 Å². The molecule has 0 atom stereocenters. The van der Waals surface area contributed by atoms with E-state index in [1.807, 2.05) is 50.3 Å². The fourth-order valence-electron chi connectivity index (χ4n) is 2.94. The highest BCUT2D eigenvalue weighted by atomic mass is 16.5. The van der Waals surface area contributed by atoms with E-state index in [1.54, 1.807) is 7.11 Å². The van der Waals surface area contributed by atoms with Gasteiger partial charge in [-0.05, 0) is 54.3 Å². The van der Waals surface area contributed by atoms with Crippen molar-refractivity contribution in [2.75, 3.05) is 7.11 Å². The van der Waals surface area contributed by atoms with Gasteiger partial charge in [0.25, 0.3) is 0 Å². The Morgan fingerprint density at radius 1 is 1.14 bits per heavy atom. The van der Waals surface area contributed by atoms with Crippen molar-refractivity contribution in [2.45, 2.75) is 20.3 Å². The highest BCUT2D eigenvalue weighted by molar-refractivity contribution is 6.16. The van der Waals surface area contributed by atoms with Crippen molar-refractivity contribution in [1.29, 1.82) is 0 Å². The summed E-state index contributed by atoms with van der Waals surface area (Å²) in [5.74, 6) is 0.976. The number of methoxy groups -OCH3 is 1. The van der Waals surface area contributed by atoms with Crippen molar-refractivity contribution in [2.24, 2.45) is 0 Å². The lowest BCUT2D eigenvalue weighted by Crippen LogP contribution is -1.98. The molecule has 0 spiro atoms. The molecule has 0 N–H and O–H groups in total. The van der Waals surface area contributed by atoms with Gasteiger partial charge in [-0.2, -0.15) is 0 Å². The van der Waals surface area contributed by atoms with E-state index in [4.69, 9.17) is 4.74 Å². The van der Waals surface area contributed by atoms with E-state index < -0.39 is 0 Å². The van der Waals surface area contributed by atoms with Gasteiger partial charge >= 0.3 is 0 Å². The third kappa shape index (κ3) is 2.49. The van der Waals surface area contributed by atoms with Gasteiger partial charge in [0.2, 0.25) is 0 Å². The van der Waals surface area contributed by atoms with Crippen molar-refractivity contribution in [3.05, 3.63) is 69.8 Å². The predicted molar refractivity (Wildman–Crippen MR) is 84.9 cm³/mol. The van der Waals surface area contributed by atoms with Gasteiger partial charge in [0.15, 0.2) is 5.78 Å². The van der Waals surface area contributed by atoms with Crippen molar-refractivity contribution in [1.82, 2.24) is 0 Å². The number of carbonyl (C=O) groups is 1. The average molecular weight is 278 g/mol. The highest BCUT2D eigenvalue weighted by Gasteiger charge is 2.25. The Morgan fingerprint density at radius 3 is 2.67 bits per heavy atom. The number of benzene rings is 2. The molecule has 0 radical (unpaired) electrons. The van der Waals surface area contributed by atoms with Gasteiger partial charge in [-0.15, -0.1) is 0 Å². The molecule has 0 unspecified atom stereocenters. The van der Waals surface area contributed by atoms with Gasteiger partial charge in [-0.1, -0.05) is 24.3 Å². The molecule has 2 heteroatoms. The van der Waals surface area contributed by atoms with Crippen molar-refractivity contribution in [3.8, 4) is 5.75 Å². The molecular weight excluding hydrogens is 260 g/mol. The fourth-order valence-corrected chi connectivity index (χ4v) is 2.94. The number of fused-ring (bicyclic) bond motifs is 1. The largest absolute Gasteiger partial charge is 0.497 e. The Bertz CT molecular complexity index is 754. The number of hydrogen-bond acceptors (Lipinski definition) is 2. The summed E-state index contributed by atoms with van der Waals surface area (Å²) < 4.78 is 5.29. The van der Waals surface area contributed by atoms with Crippen LogP contribution in [0.2, 0.25) is 0 Å². The predicted octanol–water partition coefficient (Wildman–Crippen LogP) is 4.13. The molecule has 106 valence electrons. The lowest BCUT2D eigenvalue weighted by molar-refractivity contribution is 0.104. The smallest absolute Gasteiger partial charge is 0.189 e. The van der Waals surface area contributed by atoms with Crippen molar-refractivity contribution >= 4 is 11.9 Å². The summed E-state index contributed by atoms with van der Waals surface area (Å²) in [5, 5.41) is 0.